The van der Waals surface area contributed by atoms with Gasteiger partial charge < -0.3 is 0 Å². The van der Waals surface area contributed by atoms with Gasteiger partial charge in [0.1, 0.15) is 0 Å². The Kier molecular flexibility index (Phi) is 5.33. The predicted molar refractivity (Wildman–Crippen MR) is 88.4 cm³/mol. The number of benzene rings is 1. The lowest BCUT2D eigenvalue weighted by Gasteiger charge is -2.34. The summed E-state index contributed by atoms with van der Waals surface area (Å²) in [5, 5.41) is 7.58. The standard InChI is InChI=1S/C16H19F3N4O2S/c17-16(18,19)14-5-3-4-13(10-14)12-26(24,25)23-8-2-1-6-15(23)11-22-9-7-20-21-22/h3-5,7,9-10,15H,1-2,6,8,11-12H2. The molecule has 0 N–H and O–H groups in total. The Balaban J connectivity index is 1.79. The fraction of sp³-hybridized carbons (Fsp3) is 0.500. The molecule has 0 spiro atoms. The van der Waals surface area contributed by atoms with Crippen LogP contribution in [0.25, 0.3) is 0 Å². The van der Waals surface area contributed by atoms with Gasteiger partial charge in [-0.05, 0) is 24.5 Å². The van der Waals surface area contributed by atoms with Crippen LogP contribution in [0.1, 0.15) is 30.4 Å². The first-order chi connectivity index (χ1) is 12.3. The summed E-state index contributed by atoms with van der Waals surface area (Å²) in [6, 6.07) is 4.19. The molecular formula is C16H19F3N4O2S. The van der Waals surface area contributed by atoms with Crippen molar-refractivity contribution in [3.63, 3.8) is 0 Å². The highest BCUT2D eigenvalue weighted by Gasteiger charge is 2.34. The molecule has 0 bridgehead atoms. The zero-order valence-electron chi connectivity index (χ0n) is 13.9. The topological polar surface area (TPSA) is 68.1 Å². The van der Waals surface area contributed by atoms with Gasteiger partial charge in [0, 0.05) is 18.8 Å². The first-order valence-electron chi connectivity index (χ1n) is 8.25. The van der Waals surface area contributed by atoms with E-state index in [2.05, 4.69) is 10.3 Å². The molecule has 1 atom stereocenters. The van der Waals surface area contributed by atoms with Crippen molar-refractivity contribution in [1.82, 2.24) is 19.3 Å². The van der Waals surface area contributed by atoms with Gasteiger partial charge in [-0.25, -0.2) is 8.42 Å². The monoisotopic (exact) mass is 388 g/mol. The Hall–Kier alpha value is -1.94. The van der Waals surface area contributed by atoms with Gasteiger partial charge >= 0.3 is 6.18 Å². The lowest BCUT2D eigenvalue weighted by atomic mass is 10.1. The molecule has 1 aromatic heterocycles. The van der Waals surface area contributed by atoms with Crippen LogP contribution in [-0.4, -0.2) is 40.3 Å². The maximum atomic E-state index is 12.9. The Labute approximate surface area is 149 Å². The van der Waals surface area contributed by atoms with E-state index < -0.39 is 27.5 Å². The molecule has 0 amide bonds. The van der Waals surface area contributed by atoms with Crippen molar-refractivity contribution in [3.8, 4) is 0 Å². The van der Waals surface area contributed by atoms with Gasteiger partial charge in [0.05, 0.1) is 24.1 Å². The molecule has 3 rings (SSSR count). The van der Waals surface area contributed by atoms with Crippen LogP contribution in [0.15, 0.2) is 36.7 Å². The first-order valence-corrected chi connectivity index (χ1v) is 9.86. The maximum Gasteiger partial charge on any atom is 0.416 e. The van der Waals surface area contributed by atoms with Crippen LogP contribution in [0.5, 0.6) is 0 Å². The Bertz CT molecular complexity index is 837. The van der Waals surface area contributed by atoms with Crippen LogP contribution < -0.4 is 0 Å². The molecule has 1 aromatic carbocycles. The SMILES string of the molecule is O=S(=O)(Cc1cccc(C(F)(F)F)c1)N1CCCCC1Cn1ccnn1. The number of hydrogen-bond donors (Lipinski definition) is 0. The second-order valence-electron chi connectivity index (χ2n) is 6.34. The number of sulfonamides is 1. The van der Waals surface area contributed by atoms with Gasteiger partial charge in [0.2, 0.25) is 10.0 Å². The van der Waals surface area contributed by atoms with E-state index in [-0.39, 0.29) is 11.6 Å². The fourth-order valence-corrected chi connectivity index (χ4v) is 5.00. The highest BCUT2D eigenvalue weighted by Crippen LogP contribution is 2.30. The molecule has 1 unspecified atom stereocenters. The molecule has 6 nitrogen and oxygen atoms in total. The van der Waals surface area contributed by atoms with Crippen LogP contribution in [0, 0.1) is 0 Å². The minimum atomic E-state index is -4.50. The van der Waals surface area contributed by atoms with Gasteiger partial charge in [-0.3, -0.25) is 4.68 Å². The summed E-state index contributed by atoms with van der Waals surface area (Å²) in [6.07, 6.45) is 0.989. The number of piperidine rings is 1. The summed E-state index contributed by atoms with van der Waals surface area (Å²) >= 11 is 0. The molecule has 2 heterocycles. The molecule has 2 aromatic rings. The number of halogens is 3. The third-order valence-electron chi connectivity index (χ3n) is 4.40. The molecular weight excluding hydrogens is 369 g/mol. The van der Waals surface area contributed by atoms with Crippen molar-refractivity contribution >= 4 is 10.0 Å². The minimum absolute atomic E-state index is 0.130. The van der Waals surface area contributed by atoms with E-state index in [1.165, 1.54) is 22.6 Å². The van der Waals surface area contributed by atoms with Crippen molar-refractivity contribution in [3.05, 3.63) is 47.8 Å². The second kappa shape index (κ2) is 7.36. The van der Waals surface area contributed by atoms with E-state index in [4.69, 9.17) is 0 Å². The molecule has 1 fully saturated rings. The number of alkyl halides is 3. The van der Waals surface area contributed by atoms with Crippen molar-refractivity contribution in [1.29, 1.82) is 0 Å². The summed E-state index contributed by atoms with van der Waals surface area (Å²) in [7, 11) is -3.75. The van der Waals surface area contributed by atoms with E-state index in [1.54, 1.807) is 10.9 Å². The van der Waals surface area contributed by atoms with E-state index in [9.17, 15) is 21.6 Å². The molecule has 1 aliphatic heterocycles. The van der Waals surface area contributed by atoms with E-state index >= 15 is 0 Å². The summed E-state index contributed by atoms with van der Waals surface area (Å²) in [5.41, 5.74) is -0.715. The summed E-state index contributed by atoms with van der Waals surface area (Å²) < 4.78 is 67.2. The highest BCUT2D eigenvalue weighted by molar-refractivity contribution is 7.88. The van der Waals surface area contributed by atoms with Crippen LogP contribution in [0.3, 0.4) is 0 Å². The largest absolute Gasteiger partial charge is 0.416 e. The van der Waals surface area contributed by atoms with E-state index in [0.717, 1.165) is 25.0 Å². The maximum absolute atomic E-state index is 12.9. The van der Waals surface area contributed by atoms with Gasteiger partial charge in [-0.15, -0.1) is 5.10 Å². The van der Waals surface area contributed by atoms with Crippen LogP contribution in [0.2, 0.25) is 0 Å². The third-order valence-corrected chi connectivity index (χ3v) is 6.30. The Morgan fingerprint density at radius 3 is 2.73 bits per heavy atom. The highest BCUT2D eigenvalue weighted by atomic mass is 32.2. The van der Waals surface area contributed by atoms with Gasteiger partial charge in [-0.2, -0.15) is 17.5 Å². The van der Waals surface area contributed by atoms with Crippen LogP contribution in [-0.2, 0) is 28.5 Å². The smallest absolute Gasteiger partial charge is 0.251 e. The van der Waals surface area contributed by atoms with Gasteiger partial charge in [0.15, 0.2) is 0 Å². The average Bonchev–Trinajstić information content (AvgIpc) is 3.07. The molecule has 0 radical (unpaired) electrons. The van der Waals surface area contributed by atoms with Crippen molar-refractivity contribution < 1.29 is 21.6 Å². The number of nitrogens with zero attached hydrogens (tertiary/aromatic N) is 4. The molecule has 1 aliphatic rings. The van der Waals surface area contributed by atoms with Crippen LogP contribution >= 0.6 is 0 Å². The average molecular weight is 388 g/mol. The fourth-order valence-electron chi connectivity index (χ4n) is 3.20. The number of rotatable bonds is 5. The van der Waals surface area contributed by atoms with Crippen molar-refractivity contribution in [2.75, 3.05) is 6.54 Å². The quantitative estimate of drug-likeness (QED) is 0.790. The molecule has 1 saturated heterocycles. The summed E-state index contributed by atoms with van der Waals surface area (Å²) in [4.78, 5) is 0. The van der Waals surface area contributed by atoms with Gasteiger partial charge in [0.25, 0.3) is 0 Å². The third kappa shape index (κ3) is 4.42. The van der Waals surface area contributed by atoms with Gasteiger partial charge in [-0.1, -0.05) is 29.8 Å². The number of aromatic nitrogens is 3. The van der Waals surface area contributed by atoms with Crippen molar-refractivity contribution in [2.24, 2.45) is 0 Å². The summed E-state index contributed by atoms with van der Waals surface area (Å²) in [5.74, 6) is -0.454. The van der Waals surface area contributed by atoms with E-state index in [0.29, 0.717) is 19.5 Å². The molecule has 0 aliphatic carbocycles. The first kappa shape index (κ1) is 18.8. The zero-order valence-corrected chi connectivity index (χ0v) is 14.7. The molecule has 26 heavy (non-hydrogen) atoms. The minimum Gasteiger partial charge on any atom is -0.251 e. The summed E-state index contributed by atoms with van der Waals surface area (Å²) in [6.45, 7) is 0.739. The lowest BCUT2D eigenvalue weighted by molar-refractivity contribution is -0.137. The van der Waals surface area contributed by atoms with Crippen molar-refractivity contribution in [2.45, 2.75) is 43.8 Å². The normalized spacial score (nSPS) is 19.6. The van der Waals surface area contributed by atoms with Crippen LogP contribution in [0.4, 0.5) is 13.2 Å². The van der Waals surface area contributed by atoms with E-state index in [1.807, 2.05) is 0 Å². The second-order valence-corrected chi connectivity index (χ2v) is 8.26. The Morgan fingerprint density at radius 2 is 2.04 bits per heavy atom. The number of hydrogen-bond acceptors (Lipinski definition) is 4. The molecule has 10 heteroatoms. The lowest BCUT2D eigenvalue weighted by Crippen LogP contribution is -2.46. The molecule has 0 saturated carbocycles. The Morgan fingerprint density at radius 1 is 1.23 bits per heavy atom. The predicted octanol–water partition coefficient (Wildman–Crippen LogP) is 2.68. The zero-order chi connectivity index (χ0) is 18.8. The molecule has 142 valence electrons.